The third-order valence-corrected chi connectivity index (χ3v) is 3.34. The van der Waals surface area contributed by atoms with Crippen LogP contribution in [-0.2, 0) is 0 Å². The number of hydrogen-bond donors (Lipinski definition) is 1. The van der Waals surface area contributed by atoms with Crippen LogP contribution in [0.3, 0.4) is 0 Å². The fraction of sp³-hybridized carbons (Fsp3) is 0.118. The zero-order chi connectivity index (χ0) is 14.8. The number of aromatic nitrogens is 3. The Morgan fingerprint density at radius 3 is 2.38 bits per heavy atom. The van der Waals surface area contributed by atoms with Crippen molar-refractivity contribution in [2.75, 3.05) is 5.73 Å². The van der Waals surface area contributed by atoms with E-state index in [2.05, 4.69) is 10.2 Å². The van der Waals surface area contributed by atoms with E-state index in [4.69, 9.17) is 10.7 Å². The summed E-state index contributed by atoms with van der Waals surface area (Å²) in [5.41, 5.74) is 12.4. The molecule has 0 fully saturated rings. The molecule has 0 aliphatic rings. The quantitative estimate of drug-likeness (QED) is 0.779. The van der Waals surface area contributed by atoms with Crippen molar-refractivity contribution in [3.05, 3.63) is 59.9 Å². The normalized spacial score (nSPS) is 10.6. The maximum Gasteiger partial charge on any atom is 0.0938 e. The number of hydrogen-bond acceptors (Lipinski definition) is 4. The van der Waals surface area contributed by atoms with E-state index in [9.17, 15) is 0 Å². The molecule has 0 amide bonds. The fourth-order valence-corrected chi connectivity index (χ4v) is 2.36. The highest BCUT2D eigenvalue weighted by Crippen LogP contribution is 2.30. The fourth-order valence-electron chi connectivity index (χ4n) is 2.36. The van der Waals surface area contributed by atoms with Crippen molar-refractivity contribution in [1.29, 1.82) is 0 Å². The average molecular weight is 276 g/mol. The smallest absolute Gasteiger partial charge is 0.0938 e. The molecular formula is C17H16N4. The molecule has 0 saturated heterocycles. The number of benzene rings is 1. The van der Waals surface area contributed by atoms with Crippen LogP contribution in [0.15, 0.2) is 48.7 Å². The Balaban J connectivity index is 2.19. The first-order valence-electron chi connectivity index (χ1n) is 6.77. The standard InChI is InChI=1S/C17H16N4/c1-11-8-15(18)17(13-6-4-3-5-7-13)20-16(11)14-9-12(2)21-19-10-14/h3-10H,18H2,1-2H3. The van der Waals surface area contributed by atoms with Crippen LogP contribution in [0.5, 0.6) is 0 Å². The van der Waals surface area contributed by atoms with Crippen LogP contribution in [0.1, 0.15) is 11.3 Å². The number of aryl methyl sites for hydroxylation is 2. The molecule has 104 valence electrons. The number of nitrogen functional groups attached to an aromatic ring is 1. The van der Waals surface area contributed by atoms with Crippen LogP contribution in [0.2, 0.25) is 0 Å². The van der Waals surface area contributed by atoms with Gasteiger partial charge in [0, 0.05) is 11.1 Å². The topological polar surface area (TPSA) is 64.7 Å². The monoisotopic (exact) mass is 276 g/mol. The van der Waals surface area contributed by atoms with Crippen molar-refractivity contribution in [2.24, 2.45) is 0 Å². The number of rotatable bonds is 2. The van der Waals surface area contributed by atoms with Gasteiger partial charge in [0.05, 0.1) is 29.0 Å². The molecule has 2 aromatic heterocycles. The van der Waals surface area contributed by atoms with Crippen LogP contribution in [0, 0.1) is 13.8 Å². The first kappa shape index (κ1) is 13.2. The molecule has 0 atom stereocenters. The molecule has 0 unspecified atom stereocenters. The van der Waals surface area contributed by atoms with Gasteiger partial charge in [0.2, 0.25) is 0 Å². The molecule has 2 heterocycles. The van der Waals surface area contributed by atoms with Crippen LogP contribution in [0.4, 0.5) is 5.69 Å². The number of nitrogens with zero attached hydrogens (tertiary/aromatic N) is 3. The molecule has 1 aromatic carbocycles. The van der Waals surface area contributed by atoms with Gasteiger partial charge in [-0.1, -0.05) is 30.3 Å². The summed E-state index contributed by atoms with van der Waals surface area (Å²) in [7, 11) is 0. The summed E-state index contributed by atoms with van der Waals surface area (Å²) in [4.78, 5) is 4.76. The van der Waals surface area contributed by atoms with Gasteiger partial charge in [-0.25, -0.2) is 4.98 Å². The SMILES string of the molecule is Cc1cc(-c2nc(-c3ccccc3)c(N)cc2C)cnn1. The Kier molecular flexibility index (Phi) is 3.36. The van der Waals surface area contributed by atoms with E-state index in [0.29, 0.717) is 5.69 Å². The van der Waals surface area contributed by atoms with E-state index in [1.807, 2.05) is 56.3 Å². The Labute approximate surface area is 123 Å². The second kappa shape index (κ2) is 5.32. The van der Waals surface area contributed by atoms with Gasteiger partial charge in [0.25, 0.3) is 0 Å². The largest absolute Gasteiger partial charge is 0.397 e. The van der Waals surface area contributed by atoms with Gasteiger partial charge in [-0.05, 0) is 31.5 Å². The molecule has 0 bridgehead atoms. The second-order valence-corrected chi connectivity index (χ2v) is 5.04. The summed E-state index contributed by atoms with van der Waals surface area (Å²) < 4.78 is 0. The van der Waals surface area contributed by atoms with E-state index in [0.717, 1.165) is 33.8 Å². The molecule has 0 aliphatic carbocycles. The minimum atomic E-state index is 0.682. The minimum Gasteiger partial charge on any atom is -0.397 e. The van der Waals surface area contributed by atoms with E-state index in [1.165, 1.54) is 0 Å². The molecule has 4 nitrogen and oxygen atoms in total. The molecule has 21 heavy (non-hydrogen) atoms. The van der Waals surface area contributed by atoms with Crippen molar-refractivity contribution in [2.45, 2.75) is 13.8 Å². The van der Waals surface area contributed by atoms with Crippen molar-refractivity contribution < 1.29 is 0 Å². The van der Waals surface area contributed by atoms with Crippen LogP contribution in [-0.4, -0.2) is 15.2 Å². The zero-order valence-corrected chi connectivity index (χ0v) is 12.0. The molecule has 0 saturated carbocycles. The molecule has 0 spiro atoms. The molecule has 3 aromatic rings. The maximum absolute atomic E-state index is 6.14. The van der Waals surface area contributed by atoms with Crippen molar-refractivity contribution >= 4 is 5.69 Å². The highest BCUT2D eigenvalue weighted by molar-refractivity contribution is 5.77. The van der Waals surface area contributed by atoms with Crippen LogP contribution < -0.4 is 5.73 Å². The maximum atomic E-state index is 6.14. The van der Waals surface area contributed by atoms with E-state index in [1.54, 1.807) is 6.20 Å². The van der Waals surface area contributed by atoms with Gasteiger partial charge in [-0.3, -0.25) is 0 Å². The van der Waals surface area contributed by atoms with Gasteiger partial charge in [0.1, 0.15) is 0 Å². The van der Waals surface area contributed by atoms with Gasteiger partial charge in [-0.15, -0.1) is 0 Å². The Hall–Kier alpha value is -2.75. The highest BCUT2D eigenvalue weighted by Gasteiger charge is 2.11. The van der Waals surface area contributed by atoms with Gasteiger partial charge >= 0.3 is 0 Å². The number of nitrogens with two attached hydrogens (primary N) is 1. The molecule has 3 rings (SSSR count). The summed E-state index contributed by atoms with van der Waals surface area (Å²) in [6, 6.07) is 13.9. The lowest BCUT2D eigenvalue weighted by atomic mass is 10.0. The molecular weight excluding hydrogens is 260 g/mol. The van der Waals surface area contributed by atoms with Gasteiger partial charge in [-0.2, -0.15) is 10.2 Å². The zero-order valence-electron chi connectivity index (χ0n) is 12.0. The predicted octanol–water partition coefficient (Wildman–Crippen LogP) is 3.40. The summed E-state index contributed by atoms with van der Waals surface area (Å²) in [6.45, 7) is 3.92. The second-order valence-electron chi connectivity index (χ2n) is 5.04. The van der Waals surface area contributed by atoms with Crippen molar-refractivity contribution in [1.82, 2.24) is 15.2 Å². The summed E-state index contributed by atoms with van der Waals surface area (Å²) in [6.07, 6.45) is 1.73. The summed E-state index contributed by atoms with van der Waals surface area (Å²) in [5.74, 6) is 0. The average Bonchev–Trinajstić information content (AvgIpc) is 2.48. The lowest BCUT2D eigenvalue weighted by molar-refractivity contribution is 0.980. The molecule has 2 N–H and O–H groups in total. The van der Waals surface area contributed by atoms with Crippen molar-refractivity contribution in [3.63, 3.8) is 0 Å². The summed E-state index contributed by atoms with van der Waals surface area (Å²) in [5, 5.41) is 8.00. The minimum absolute atomic E-state index is 0.682. The van der Waals surface area contributed by atoms with Crippen LogP contribution >= 0.6 is 0 Å². The highest BCUT2D eigenvalue weighted by atomic mass is 15.1. The van der Waals surface area contributed by atoms with Gasteiger partial charge < -0.3 is 5.73 Å². The first-order valence-corrected chi connectivity index (χ1v) is 6.77. The van der Waals surface area contributed by atoms with E-state index in [-0.39, 0.29) is 0 Å². The lowest BCUT2D eigenvalue weighted by Gasteiger charge is -2.11. The van der Waals surface area contributed by atoms with Crippen LogP contribution in [0.25, 0.3) is 22.5 Å². The van der Waals surface area contributed by atoms with E-state index >= 15 is 0 Å². The van der Waals surface area contributed by atoms with Crippen molar-refractivity contribution in [3.8, 4) is 22.5 Å². The number of anilines is 1. The number of pyridine rings is 1. The lowest BCUT2D eigenvalue weighted by Crippen LogP contribution is -1.99. The third-order valence-electron chi connectivity index (χ3n) is 3.34. The molecule has 4 heteroatoms. The Morgan fingerprint density at radius 1 is 0.905 bits per heavy atom. The Bertz CT molecular complexity index is 782. The first-order chi connectivity index (χ1) is 10.1. The third kappa shape index (κ3) is 2.60. The summed E-state index contributed by atoms with van der Waals surface area (Å²) >= 11 is 0. The predicted molar refractivity (Wildman–Crippen MR) is 84.6 cm³/mol. The van der Waals surface area contributed by atoms with E-state index < -0.39 is 0 Å². The van der Waals surface area contributed by atoms with Gasteiger partial charge in [0.15, 0.2) is 0 Å². The Morgan fingerprint density at radius 2 is 1.67 bits per heavy atom. The molecule has 0 radical (unpaired) electrons. The molecule has 0 aliphatic heterocycles.